The van der Waals surface area contributed by atoms with Crippen LogP contribution in [-0.4, -0.2) is 38.2 Å². The first-order valence-electron chi connectivity index (χ1n) is 8.99. The van der Waals surface area contributed by atoms with E-state index in [1.807, 2.05) is 6.07 Å². The zero-order valence-corrected chi connectivity index (χ0v) is 16.1. The minimum Gasteiger partial charge on any atom is -0.595 e. The summed E-state index contributed by atoms with van der Waals surface area (Å²) in [5.41, 5.74) is 3.22. The van der Waals surface area contributed by atoms with Gasteiger partial charge in [0.15, 0.2) is 5.69 Å². The number of nitrogens with one attached hydrogen (secondary N) is 2. The van der Waals surface area contributed by atoms with E-state index in [9.17, 15) is 13.6 Å². The van der Waals surface area contributed by atoms with E-state index in [1.54, 1.807) is 6.92 Å². The van der Waals surface area contributed by atoms with E-state index in [0.717, 1.165) is 26.1 Å². The van der Waals surface area contributed by atoms with Crippen LogP contribution in [0.4, 0.5) is 5.69 Å². The smallest absolute Gasteiger partial charge is 0.241 e. The summed E-state index contributed by atoms with van der Waals surface area (Å²) in [5.74, 6) is 0. The Hall–Kier alpha value is -1.81. The topological polar surface area (TPSA) is 97.1 Å². The molecule has 1 aliphatic heterocycles. The zero-order valence-electron chi connectivity index (χ0n) is 15.3. The first-order chi connectivity index (χ1) is 12.9. The highest BCUT2D eigenvalue weighted by molar-refractivity contribution is 7.89. The van der Waals surface area contributed by atoms with Crippen LogP contribution in [-0.2, 0) is 23.0 Å². The molecule has 8 heteroatoms. The van der Waals surface area contributed by atoms with Gasteiger partial charge < -0.3 is 5.21 Å². The van der Waals surface area contributed by atoms with Crippen molar-refractivity contribution in [1.29, 1.82) is 0 Å². The molecule has 0 radical (unpaired) electrons. The van der Waals surface area contributed by atoms with Gasteiger partial charge >= 0.3 is 0 Å². The monoisotopic (exact) mass is 391 g/mol. The van der Waals surface area contributed by atoms with Crippen molar-refractivity contribution >= 4 is 15.7 Å². The fourth-order valence-corrected chi connectivity index (χ4v) is 4.70. The lowest BCUT2D eigenvalue weighted by Crippen LogP contribution is -2.99. The summed E-state index contributed by atoms with van der Waals surface area (Å²) < 4.78 is 27.6. The zero-order chi connectivity index (χ0) is 19.4. The molecule has 0 saturated heterocycles. The minimum absolute atomic E-state index is 0.0225. The molecule has 0 aliphatic carbocycles. The summed E-state index contributed by atoms with van der Waals surface area (Å²) >= 11 is 0. The number of quaternary nitrogens is 1. The summed E-state index contributed by atoms with van der Waals surface area (Å²) in [6.45, 7) is 4.65. The lowest BCUT2D eigenvalue weighted by molar-refractivity contribution is -0.991. The number of rotatable bonds is 7. The van der Waals surface area contributed by atoms with Gasteiger partial charge in [-0.15, -0.1) is 0 Å². The average molecular weight is 391 g/mol. The van der Waals surface area contributed by atoms with Gasteiger partial charge in [-0.1, -0.05) is 30.3 Å². The third kappa shape index (κ3) is 4.92. The Morgan fingerprint density at radius 3 is 2.70 bits per heavy atom. The maximum absolute atomic E-state index is 12.5. The Balaban J connectivity index is 1.54. The molecular formula is C19H25N3O4S. The van der Waals surface area contributed by atoms with Crippen LogP contribution in [0.3, 0.4) is 0 Å². The Bertz CT molecular complexity index is 900. The number of aryl methyl sites for hydroxylation is 1. The van der Waals surface area contributed by atoms with Crippen molar-refractivity contribution in [2.24, 2.45) is 0 Å². The van der Waals surface area contributed by atoms with E-state index >= 15 is 0 Å². The number of fused-ring (bicyclic) bond motifs is 1. The molecule has 0 bridgehead atoms. The number of benzene rings is 2. The second-order valence-electron chi connectivity index (χ2n) is 6.83. The standard InChI is InChI=1S/C19H25N3O4S/c1-15-7-8-18(22(23)24)13-19(15)27(25,26)20-10-4-11-21-12-9-16-5-2-3-6-17(16)14-21/h2-3,5-8,13,20,22-23H,4,9-12,14H2,1H3. The van der Waals surface area contributed by atoms with E-state index in [4.69, 9.17) is 5.21 Å². The van der Waals surface area contributed by atoms with Crippen molar-refractivity contribution < 1.29 is 18.9 Å². The second-order valence-corrected chi connectivity index (χ2v) is 8.57. The van der Waals surface area contributed by atoms with Gasteiger partial charge in [-0.3, -0.25) is 4.90 Å². The molecule has 7 nitrogen and oxygen atoms in total. The minimum atomic E-state index is -3.73. The number of nitrogens with zero attached hydrogens (tertiary/aromatic N) is 1. The van der Waals surface area contributed by atoms with Gasteiger partial charge in [0.2, 0.25) is 10.0 Å². The summed E-state index contributed by atoms with van der Waals surface area (Å²) in [6.07, 6.45) is 1.71. The summed E-state index contributed by atoms with van der Waals surface area (Å²) in [7, 11) is -3.73. The van der Waals surface area contributed by atoms with Crippen molar-refractivity contribution in [2.75, 3.05) is 19.6 Å². The third-order valence-electron chi connectivity index (χ3n) is 4.88. The van der Waals surface area contributed by atoms with Crippen molar-refractivity contribution in [3.8, 4) is 0 Å². The van der Waals surface area contributed by atoms with Gasteiger partial charge in [0, 0.05) is 31.8 Å². The van der Waals surface area contributed by atoms with Crippen LogP contribution in [0.15, 0.2) is 47.4 Å². The van der Waals surface area contributed by atoms with Gasteiger partial charge in [-0.2, -0.15) is 5.23 Å². The summed E-state index contributed by atoms with van der Waals surface area (Å²) in [4.78, 5) is 2.35. The van der Waals surface area contributed by atoms with Crippen molar-refractivity contribution in [1.82, 2.24) is 9.62 Å². The van der Waals surface area contributed by atoms with Crippen LogP contribution >= 0.6 is 0 Å². The molecule has 0 amide bonds. The van der Waals surface area contributed by atoms with Gasteiger partial charge in [-0.25, -0.2) is 18.3 Å². The number of sulfonamides is 1. The number of hydrogen-bond donors (Lipinski definition) is 3. The molecule has 27 heavy (non-hydrogen) atoms. The highest BCUT2D eigenvalue weighted by Crippen LogP contribution is 2.19. The molecule has 3 rings (SSSR count). The fraction of sp³-hybridized carbons (Fsp3) is 0.368. The van der Waals surface area contributed by atoms with Crippen LogP contribution in [0, 0.1) is 12.1 Å². The second kappa shape index (κ2) is 8.47. The molecule has 2 aromatic carbocycles. The maximum Gasteiger partial charge on any atom is 0.241 e. The maximum atomic E-state index is 12.5. The summed E-state index contributed by atoms with van der Waals surface area (Å²) in [6, 6.07) is 12.5. The van der Waals surface area contributed by atoms with Gasteiger partial charge in [-0.05, 0) is 43.0 Å². The van der Waals surface area contributed by atoms with E-state index in [0.29, 0.717) is 18.5 Å². The van der Waals surface area contributed by atoms with Gasteiger partial charge in [0.1, 0.15) is 0 Å². The molecule has 0 saturated carbocycles. The highest BCUT2D eigenvalue weighted by Gasteiger charge is 2.19. The summed E-state index contributed by atoms with van der Waals surface area (Å²) in [5, 5.41) is 19.0. The normalized spacial score (nSPS) is 16.1. The molecule has 1 heterocycles. The third-order valence-corrected chi connectivity index (χ3v) is 6.48. The van der Waals surface area contributed by atoms with Crippen LogP contribution < -0.4 is 9.95 Å². The molecule has 3 N–H and O–H groups in total. The average Bonchev–Trinajstić information content (AvgIpc) is 2.65. The van der Waals surface area contributed by atoms with Gasteiger partial charge in [0.05, 0.1) is 4.90 Å². The molecule has 1 atom stereocenters. The predicted molar refractivity (Wildman–Crippen MR) is 102 cm³/mol. The van der Waals surface area contributed by atoms with E-state index in [-0.39, 0.29) is 10.6 Å². The molecular weight excluding hydrogens is 366 g/mol. The Labute approximate surface area is 159 Å². The van der Waals surface area contributed by atoms with E-state index in [2.05, 4.69) is 27.8 Å². The molecule has 0 spiro atoms. The van der Waals surface area contributed by atoms with Crippen molar-refractivity contribution in [3.63, 3.8) is 0 Å². The van der Waals surface area contributed by atoms with Crippen LogP contribution in [0.25, 0.3) is 0 Å². The first-order valence-corrected chi connectivity index (χ1v) is 10.5. The Morgan fingerprint density at radius 1 is 1.22 bits per heavy atom. The Morgan fingerprint density at radius 2 is 1.96 bits per heavy atom. The molecule has 1 aliphatic rings. The predicted octanol–water partition coefficient (Wildman–Crippen LogP) is 1.13. The quantitative estimate of drug-likeness (QED) is 0.486. The van der Waals surface area contributed by atoms with E-state index in [1.165, 1.54) is 29.3 Å². The van der Waals surface area contributed by atoms with Gasteiger partial charge in [0.25, 0.3) is 0 Å². The molecule has 146 valence electrons. The van der Waals surface area contributed by atoms with Crippen LogP contribution in [0.1, 0.15) is 23.1 Å². The number of hydrogen-bond acceptors (Lipinski definition) is 5. The van der Waals surface area contributed by atoms with E-state index < -0.39 is 15.2 Å². The lowest BCUT2D eigenvalue weighted by atomic mass is 10.00. The molecule has 1 unspecified atom stereocenters. The lowest BCUT2D eigenvalue weighted by Gasteiger charge is -2.28. The molecule has 0 aromatic heterocycles. The SMILES string of the molecule is Cc1ccc([NH+]([O-])O)cc1S(=O)(=O)NCCCN1CCc2ccccc2C1. The Kier molecular flexibility index (Phi) is 6.25. The fourth-order valence-electron chi connectivity index (χ4n) is 3.35. The van der Waals surface area contributed by atoms with Crippen LogP contribution in [0.2, 0.25) is 0 Å². The van der Waals surface area contributed by atoms with Crippen molar-refractivity contribution in [2.45, 2.75) is 31.2 Å². The van der Waals surface area contributed by atoms with Crippen molar-refractivity contribution in [3.05, 3.63) is 64.4 Å². The largest absolute Gasteiger partial charge is 0.595 e. The molecule has 2 aromatic rings. The van der Waals surface area contributed by atoms with Crippen LogP contribution in [0.5, 0.6) is 0 Å². The highest BCUT2D eigenvalue weighted by atomic mass is 32.2. The first kappa shape index (κ1) is 19.9. The molecule has 0 fully saturated rings.